The van der Waals surface area contributed by atoms with Crippen LogP contribution in [0.4, 0.5) is 22.4 Å². The molecule has 3 rings (SSSR count). The molecule has 0 saturated heterocycles. The van der Waals surface area contributed by atoms with Crippen molar-refractivity contribution in [2.45, 2.75) is 25.9 Å². The van der Waals surface area contributed by atoms with Crippen molar-refractivity contribution >= 4 is 57.8 Å². The number of hydrogen-bond acceptors (Lipinski definition) is 8. The Morgan fingerprint density at radius 3 is 2.71 bits per heavy atom. The van der Waals surface area contributed by atoms with E-state index in [1.807, 2.05) is 0 Å². The number of aromatic nitrogens is 4. The Labute approximate surface area is 186 Å². The lowest BCUT2D eigenvalue weighted by molar-refractivity contribution is 0.194. The van der Waals surface area contributed by atoms with Crippen molar-refractivity contribution in [2.24, 2.45) is 0 Å². The summed E-state index contributed by atoms with van der Waals surface area (Å²) in [6, 6.07) is 4.44. The highest BCUT2D eigenvalue weighted by Gasteiger charge is 2.20. The van der Waals surface area contributed by atoms with E-state index in [0.717, 1.165) is 0 Å². The molecule has 0 aliphatic carbocycles. The molecule has 2 heterocycles. The summed E-state index contributed by atoms with van der Waals surface area (Å²) < 4.78 is 1.44. The van der Waals surface area contributed by atoms with E-state index in [4.69, 9.17) is 39.8 Å². The van der Waals surface area contributed by atoms with Gasteiger partial charge in [0.1, 0.15) is 16.7 Å². The first kappa shape index (κ1) is 22.4. The molecule has 1 aromatic carbocycles. The van der Waals surface area contributed by atoms with Crippen LogP contribution >= 0.6 is 23.2 Å². The van der Waals surface area contributed by atoms with Crippen LogP contribution in [-0.2, 0) is 6.54 Å². The minimum atomic E-state index is -1.14. The second-order valence-electron chi connectivity index (χ2n) is 6.64. The molecule has 0 fully saturated rings. The molecule has 0 aliphatic rings. The number of hydrogen-bond donors (Lipinski definition) is 5. The van der Waals surface area contributed by atoms with Gasteiger partial charge in [-0.1, -0.05) is 29.3 Å². The average molecular weight is 467 g/mol. The molecule has 11 nitrogen and oxygen atoms in total. The highest BCUT2D eigenvalue weighted by Crippen LogP contribution is 2.29. The molecule has 1 atom stereocenters. The molecule has 0 aliphatic heterocycles. The zero-order chi connectivity index (χ0) is 22.7. The normalized spacial score (nSPS) is 12.0. The van der Waals surface area contributed by atoms with Crippen molar-refractivity contribution in [3.8, 4) is 0 Å². The number of fused-ring (bicyclic) bond motifs is 1. The third-order valence-corrected chi connectivity index (χ3v) is 5.12. The number of nitrogens with zero attached hydrogens (tertiary/aromatic N) is 4. The van der Waals surface area contributed by atoms with Gasteiger partial charge in [-0.3, -0.25) is 9.36 Å². The van der Waals surface area contributed by atoms with Gasteiger partial charge in [0.2, 0.25) is 5.95 Å². The molecule has 1 amide bonds. The number of nitrogens with one attached hydrogen (secondary N) is 2. The molecule has 0 saturated carbocycles. The van der Waals surface area contributed by atoms with E-state index < -0.39 is 12.1 Å². The number of nitrogens with two attached hydrogens (primary N) is 2. The van der Waals surface area contributed by atoms with Crippen molar-refractivity contribution in [2.75, 3.05) is 23.3 Å². The van der Waals surface area contributed by atoms with Gasteiger partial charge in [-0.2, -0.15) is 9.97 Å². The van der Waals surface area contributed by atoms with Gasteiger partial charge in [0.15, 0.2) is 5.82 Å². The van der Waals surface area contributed by atoms with Crippen LogP contribution in [0.2, 0.25) is 10.0 Å². The second kappa shape index (κ2) is 9.23. The van der Waals surface area contributed by atoms with Crippen LogP contribution in [0.1, 0.15) is 25.2 Å². The number of carboxylic acid groups (broad SMARTS) is 1. The number of rotatable bonds is 7. The maximum absolute atomic E-state index is 13.2. The van der Waals surface area contributed by atoms with Crippen molar-refractivity contribution < 1.29 is 9.90 Å². The molecule has 0 bridgehead atoms. The minimum absolute atomic E-state index is 0.0132. The number of nitrogen functional groups attached to an aromatic ring is 2. The Kier molecular flexibility index (Phi) is 6.66. The van der Waals surface area contributed by atoms with Gasteiger partial charge in [0.05, 0.1) is 22.0 Å². The Hall–Kier alpha value is -3.31. The van der Waals surface area contributed by atoms with E-state index in [1.165, 1.54) is 4.57 Å². The monoisotopic (exact) mass is 466 g/mol. The van der Waals surface area contributed by atoms with Gasteiger partial charge in [0, 0.05) is 13.1 Å². The Bertz CT molecular complexity index is 1200. The zero-order valence-electron chi connectivity index (χ0n) is 16.4. The summed E-state index contributed by atoms with van der Waals surface area (Å²) in [4.78, 5) is 36.4. The highest BCUT2D eigenvalue weighted by atomic mass is 35.5. The van der Waals surface area contributed by atoms with Crippen molar-refractivity contribution in [1.29, 1.82) is 0 Å². The fourth-order valence-electron chi connectivity index (χ4n) is 3.07. The zero-order valence-corrected chi connectivity index (χ0v) is 17.9. The average Bonchev–Trinajstić information content (AvgIpc) is 2.69. The van der Waals surface area contributed by atoms with Crippen LogP contribution in [-0.4, -0.2) is 37.3 Å². The molecular weight excluding hydrogens is 447 g/mol. The predicted octanol–water partition coefficient (Wildman–Crippen LogP) is 2.49. The van der Waals surface area contributed by atoms with E-state index in [9.17, 15) is 9.59 Å². The topological polar surface area (TPSA) is 174 Å². The number of amides is 1. The lowest BCUT2D eigenvalue weighted by Crippen LogP contribution is -2.31. The first-order valence-electron chi connectivity index (χ1n) is 9.19. The van der Waals surface area contributed by atoms with Gasteiger partial charge in [0.25, 0.3) is 5.56 Å². The minimum Gasteiger partial charge on any atom is -0.465 e. The maximum atomic E-state index is 13.2. The third-order valence-electron chi connectivity index (χ3n) is 4.43. The van der Waals surface area contributed by atoms with E-state index in [-0.39, 0.29) is 51.7 Å². The van der Waals surface area contributed by atoms with E-state index in [0.29, 0.717) is 17.8 Å². The van der Waals surface area contributed by atoms with Crippen molar-refractivity contribution in [1.82, 2.24) is 24.8 Å². The summed E-state index contributed by atoms with van der Waals surface area (Å²) in [5.41, 5.74) is 11.5. The van der Waals surface area contributed by atoms with Crippen LogP contribution < -0.4 is 27.7 Å². The fraction of sp³-hybridized carbons (Fsp3) is 0.278. The predicted molar refractivity (Wildman–Crippen MR) is 120 cm³/mol. The summed E-state index contributed by atoms with van der Waals surface area (Å²) in [5.74, 6) is 0.520. The van der Waals surface area contributed by atoms with Gasteiger partial charge >= 0.3 is 6.09 Å². The van der Waals surface area contributed by atoms with Crippen LogP contribution in [0.5, 0.6) is 0 Å². The molecule has 31 heavy (non-hydrogen) atoms. The number of benzene rings is 1. The van der Waals surface area contributed by atoms with Gasteiger partial charge in [-0.05, 0) is 25.5 Å². The summed E-state index contributed by atoms with van der Waals surface area (Å²) in [6.45, 7) is 2.12. The lowest BCUT2D eigenvalue weighted by Gasteiger charge is -2.21. The summed E-state index contributed by atoms with van der Waals surface area (Å²) in [5, 5.41) is 14.7. The van der Waals surface area contributed by atoms with Gasteiger partial charge < -0.3 is 27.2 Å². The fourth-order valence-corrected chi connectivity index (χ4v) is 3.46. The quantitative estimate of drug-likeness (QED) is 0.327. The van der Waals surface area contributed by atoms with Crippen LogP contribution in [0, 0.1) is 0 Å². The highest BCUT2D eigenvalue weighted by molar-refractivity contribution is 6.35. The van der Waals surface area contributed by atoms with Crippen LogP contribution in [0.3, 0.4) is 0 Å². The van der Waals surface area contributed by atoms with Gasteiger partial charge in [-0.15, -0.1) is 0 Å². The molecule has 1 unspecified atom stereocenters. The standard InChI is InChI=1S/C18H20Cl2N8O3/c1-8(24-14-12(20)13(21)26-17(22)27-14)15-25-10-5-2-4-9(19)11(10)16(29)28(15)7-3-6-23-18(30)31/h2,4-5,8,23H,3,6-7H2,1H3,(H,30,31)(H5,21,22,24,26,27). The number of halogens is 2. The molecule has 7 N–H and O–H groups in total. The SMILES string of the molecule is CC(Nc1nc(N)nc(N)c1Cl)c1nc2cccc(Cl)c2c(=O)n1CCCNC(=O)O. The number of anilines is 3. The smallest absolute Gasteiger partial charge is 0.404 e. The molecule has 0 radical (unpaired) electrons. The van der Waals surface area contributed by atoms with E-state index in [2.05, 4.69) is 25.6 Å². The Morgan fingerprint density at radius 1 is 1.26 bits per heavy atom. The van der Waals surface area contributed by atoms with Gasteiger partial charge in [-0.25, -0.2) is 9.78 Å². The van der Waals surface area contributed by atoms with Crippen LogP contribution in [0.15, 0.2) is 23.0 Å². The van der Waals surface area contributed by atoms with E-state index >= 15 is 0 Å². The summed E-state index contributed by atoms with van der Waals surface area (Å²) in [6.07, 6.45) is -0.784. The van der Waals surface area contributed by atoms with E-state index in [1.54, 1.807) is 25.1 Å². The largest absolute Gasteiger partial charge is 0.465 e. The Morgan fingerprint density at radius 2 is 2.00 bits per heavy atom. The van der Waals surface area contributed by atoms with Crippen LogP contribution in [0.25, 0.3) is 10.9 Å². The van der Waals surface area contributed by atoms with Crippen molar-refractivity contribution in [3.05, 3.63) is 44.4 Å². The number of carbonyl (C=O) groups is 1. The lowest BCUT2D eigenvalue weighted by atomic mass is 10.2. The summed E-state index contributed by atoms with van der Waals surface area (Å²) >= 11 is 12.4. The third kappa shape index (κ3) is 4.89. The molecule has 0 spiro atoms. The molecule has 164 valence electrons. The first-order chi connectivity index (χ1) is 14.7. The summed E-state index contributed by atoms with van der Waals surface area (Å²) in [7, 11) is 0. The second-order valence-corrected chi connectivity index (χ2v) is 7.43. The molecule has 2 aromatic heterocycles. The maximum Gasteiger partial charge on any atom is 0.404 e. The molecular formula is C18H20Cl2N8O3. The van der Waals surface area contributed by atoms with Crippen molar-refractivity contribution in [3.63, 3.8) is 0 Å². The first-order valence-corrected chi connectivity index (χ1v) is 9.95. The Balaban J connectivity index is 2.03. The molecule has 3 aromatic rings. The molecule has 13 heteroatoms.